The SMILES string of the molecule is O=C(CN1C(=O)C2CCCCC2C1=O)N1CCC(C(O)c2ccccc2)CC1. The van der Waals surface area contributed by atoms with Crippen LogP contribution in [0.15, 0.2) is 30.3 Å². The van der Waals surface area contributed by atoms with E-state index in [0.717, 1.165) is 44.1 Å². The van der Waals surface area contributed by atoms with Gasteiger partial charge >= 0.3 is 0 Å². The van der Waals surface area contributed by atoms with Crippen molar-refractivity contribution in [3.05, 3.63) is 35.9 Å². The Labute approximate surface area is 165 Å². The number of likely N-dealkylation sites (tertiary alicyclic amines) is 2. The molecule has 0 radical (unpaired) electrons. The van der Waals surface area contributed by atoms with Crippen LogP contribution in [-0.2, 0) is 14.4 Å². The van der Waals surface area contributed by atoms with Gasteiger partial charge in [-0.15, -0.1) is 0 Å². The van der Waals surface area contributed by atoms with Crippen LogP contribution < -0.4 is 0 Å². The number of fused-ring (bicyclic) bond motifs is 1. The van der Waals surface area contributed by atoms with Crippen molar-refractivity contribution in [2.24, 2.45) is 17.8 Å². The van der Waals surface area contributed by atoms with Crippen molar-refractivity contribution >= 4 is 17.7 Å². The van der Waals surface area contributed by atoms with Crippen LogP contribution in [0.3, 0.4) is 0 Å². The van der Waals surface area contributed by atoms with Crippen LogP contribution in [0, 0.1) is 17.8 Å². The summed E-state index contributed by atoms with van der Waals surface area (Å²) in [4.78, 5) is 40.8. The van der Waals surface area contributed by atoms with Crippen molar-refractivity contribution in [2.75, 3.05) is 19.6 Å². The molecule has 6 heteroatoms. The van der Waals surface area contributed by atoms with E-state index < -0.39 is 6.10 Å². The number of piperidine rings is 1. The van der Waals surface area contributed by atoms with Crippen LogP contribution in [-0.4, -0.2) is 52.3 Å². The molecule has 3 amide bonds. The monoisotopic (exact) mass is 384 g/mol. The minimum absolute atomic E-state index is 0.115. The third-order valence-corrected chi connectivity index (χ3v) is 6.71. The lowest BCUT2D eigenvalue weighted by Crippen LogP contribution is -2.46. The fourth-order valence-electron chi connectivity index (χ4n) is 5.01. The standard InChI is InChI=1S/C22H28N2O4/c25-19(14-24-21(27)17-8-4-5-9-18(17)22(24)28)23-12-10-16(11-13-23)20(26)15-6-2-1-3-7-15/h1-3,6-7,16-18,20,26H,4-5,8-14H2. The molecular formula is C22H28N2O4. The van der Waals surface area contributed by atoms with Crippen molar-refractivity contribution in [3.8, 4) is 0 Å². The van der Waals surface area contributed by atoms with Gasteiger partial charge in [-0.1, -0.05) is 43.2 Å². The molecule has 0 bridgehead atoms. The number of aliphatic hydroxyl groups excluding tert-OH is 1. The minimum atomic E-state index is -0.525. The second kappa shape index (κ2) is 8.03. The first-order chi connectivity index (χ1) is 13.6. The second-order valence-electron chi connectivity index (χ2n) is 8.33. The first-order valence-electron chi connectivity index (χ1n) is 10.4. The van der Waals surface area contributed by atoms with Crippen LogP contribution in [0.5, 0.6) is 0 Å². The Morgan fingerprint density at radius 1 is 0.964 bits per heavy atom. The molecule has 2 heterocycles. The molecule has 6 nitrogen and oxygen atoms in total. The molecule has 4 rings (SSSR count). The summed E-state index contributed by atoms with van der Waals surface area (Å²) >= 11 is 0. The highest BCUT2D eigenvalue weighted by Gasteiger charge is 2.48. The van der Waals surface area contributed by atoms with E-state index in [-0.39, 0.29) is 42.0 Å². The highest BCUT2D eigenvalue weighted by Crippen LogP contribution is 2.38. The Balaban J connectivity index is 1.32. The van der Waals surface area contributed by atoms with Crippen LogP contribution in [0.1, 0.15) is 50.2 Å². The van der Waals surface area contributed by atoms with E-state index in [9.17, 15) is 19.5 Å². The van der Waals surface area contributed by atoms with Gasteiger partial charge in [0.1, 0.15) is 6.54 Å². The Kier molecular flexibility index (Phi) is 5.49. The highest BCUT2D eigenvalue weighted by atomic mass is 16.3. The quantitative estimate of drug-likeness (QED) is 0.807. The van der Waals surface area contributed by atoms with Crippen molar-refractivity contribution in [1.29, 1.82) is 0 Å². The smallest absolute Gasteiger partial charge is 0.242 e. The molecule has 3 unspecified atom stereocenters. The first kappa shape index (κ1) is 19.1. The Bertz CT molecular complexity index is 718. The minimum Gasteiger partial charge on any atom is -0.388 e. The lowest BCUT2D eigenvalue weighted by molar-refractivity contribution is -0.147. The zero-order chi connectivity index (χ0) is 19.7. The third-order valence-electron chi connectivity index (χ3n) is 6.71. The average molecular weight is 384 g/mol. The topological polar surface area (TPSA) is 77.9 Å². The predicted octanol–water partition coefficient (Wildman–Crippen LogP) is 2.13. The maximum atomic E-state index is 12.7. The number of amides is 3. The van der Waals surface area contributed by atoms with Gasteiger partial charge in [-0.3, -0.25) is 19.3 Å². The van der Waals surface area contributed by atoms with E-state index >= 15 is 0 Å². The fraction of sp³-hybridized carbons (Fsp3) is 0.591. The van der Waals surface area contributed by atoms with Gasteiger partial charge < -0.3 is 10.0 Å². The maximum Gasteiger partial charge on any atom is 0.242 e. The fourth-order valence-corrected chi connectivity index (χ4v) is 5.01. The molecule has 2 saturated heterocycles. The van der Waals surface area contributed by atoms with Crippen molar-refractivity contribution < 1.29 is 19.5 Å². The molecule has 1 aromatic carbocycles. The number of rotatable bonds is 4. The molecule has 150 valence electrons. The average Bonchev–Trinajstić information content (AvgIpc) is 2.99. The summed E-state index contributed by atoms with van der Waals surface area (Å²) in [6, 6.07) is 9.60. The Morgan fingerprint density at radius 3 is 2.11 bits per heavy atom. The van der Waals surface area contributed by atoms with Gasteiger partial charge in [-0.25, -0.2) is 0 Å². The Hall–Kier alpha value is -2.21. The molecule has 3 aliphatic rings. The van der Waals surface area contributed by atoms with Gasteiger partial charge in [0, 0.05) is 13.1 Å². The summed E-state index contributed by atoms with van der Waals surface area (Å²) in [6.45, 7) is 0.976. The number of carbonyl (C=O) groups excluding carboxylic acids is 3. The summed E-state index contributed by atoms with van der Waals surface area (Å²) in [5.74, 6) is -0.770. The molecule has 3 fully saturated rings. The van der Waals surface area contributed by atoms with Crippen LogP contribution in [0.4, 0.5) is 0 Å². The highest BCUT2D eigenvalue weighted by molar-refractivity contribution is 6.07. The van der Waals surface area contributed by atoms with E-state index in [0.29, 0.717) is 13.1 Å². The van der Waals surface area contributed by atoms with E-state index in [1.807, 2.05) is 30.3 Å². The first-order valence-corrected chi connectivity index (χ1v) is 10.4. The van der Waals surface area contributed by atoms with Gasteiger partial charge in [-0.2, -0.15) is 0 Å². The zero-order valence-corrected chi connectivity index (χ0v) is 16.1. The van der Waals surface area contributed by atoms with Crippen molar-refractivity contribution in [2.45, 2.75) is 44.6 Å². The van der Waals surface area contributed by atoms with Crippen LogP contribution >= 0.6 is 0 Å². The largest absolute Gasteiger partial charge is 0.388 e. The molecule has 0 aromatic heterocycles. The molecule has 1 aliphatic carbocycles. The number of benzene rings is 1. The third kappa shape index (κ3) is 3.58. The molecule has 2 aliphatic heterocycles. The number of aliphatic hydroxyl groups is 1. The number of hydrogen-bond donors (Lipinski definition) is 1. The number of hydrogen-bond acceptors (Lipinski definition) is 4. The van der Waals surface area contributed by atoms with E-state index in [4.69, 9.17) is 0 Å². The molecule has 1 saturated carbocycles. The van der Waals surface area contributed by atoms with Crippen molar-refractivity contribution in [1.82, 2.24) is 9.80 Å². The van der Waals surface area contributed by atoms with E-state index in [1.54, 1.807) is 4.90 Å². The van der Waals surface area contributed by atoms with Crippen LogP contribution in [0.2, 0.25) is 0 Å². The molecule has 28 heavy (non-hydrogen) atoms. The summed E-state index contributed by atoms with van der Waals surface area (Å²) in [6.07, 6.45) is 4.41. The van der Waals surface area contributed by atoms with E-state index in [2.05, 4.69) is 0 Å². The Morgan fingerprint density at radius 2 is 1.54 bits per heavy atom. The van der Waals surface area contributed by atoms with Gasteiger partial charge in [0.05, 0.1) is 17.9 Å². The summed E-state index contributed by atoms with van der Waals surface area (Å²) < 4.78 is 0. The summed E-state index contributed by atoms with van der Waals surface area (Å²) in [7, 11) is 0. The zero-order valence-electron chi connectivity index (χ0n) is 16.1. The summed E-state index contributed by atoms with van der Waals surface area (Å²) in [5.41, 5.74) is 0.906. The second-order valence-corrected chi connectivity index (χ2v) is 8.33. The number of imide groups is 1. The van der Waals surface area contributed by atoms with Gasteiger partial charge in [0.15, 0.2) is 0 Å². The lowest BCUT2D eigenvalue weighted by Gasteiger charge is -2.35. The lowest BCUT2D eigenvalue weighted by atomic mass is 9.81. The van der Waals surface area contributed by atoms with Crippen LogP contribution in [0.25, 0.3) is 0 Å². The normalized spacial score (nSPS) is 27.0. The van der Waals surface area contributed by atoms with Gasteiger partial charge in [0.2, 0.25) is 17.7 Å². The molecule has 3 atom stereocenters. The van der Waals surface area contributed by atoms with Gasteiger partial charge in [-0.05, 0) is 37.2 Å². The molecule has 1 aromatic rings. The predicted molar refractivity (Wildman–Crippen MR) is 103 cm³/mol. The number of nitrogens with zero attached hydrogens (tertiary/aromatic N) is 2. The summed E-state index contributed by atoms with van der Waals surface area (Å²) in [5, 5.41) is 10.6. The van der Waals surface area contributed by atoms with Gasteiger partial charge in [0.25, 0.3) is 0 Å². The maximum absolute atomic E-state index is 12.7. The molecule has 0 spiro atoms. The molecular weight excluding hydrogens is 356 g/mol. The number of carbonyl (C=O) groups is 3. The van der Waals surface area contributed by atoms with Crippen molar-refractivity contribution in [3.63, 3.8) is 0 Å². The molecule has 1 N–H and O–H groups in total. The van der Waals surface area contributed by atoms with E-state index in [1.165, 1.54) is 4.90 Å².